The van der Waals surface area contributed by atoms with Crippen LogP contribution < -0.4 is 10.9 Å². The van der Waals surface area contributed by atoms with Gasteiger partial charge in [0.1, 0.15) is 17.5 Å². The van der Waals surface area contributed by atoms with Crippen molar-refractivity contribution in [3.63, 3.8) is 0 Å². The maximum absolute atomic E-state index is 12.8. The van der Waals surface area contributed by atoms with Gasteiger partial charge in [0.15, 0.2) is 0 Å². The standard InChI is InChI=1S/C21H32N4O3/c1-15(2)13-25-14-23-20-18(21(25)27)17(16(3)28-20)19(26)22-9-8-12-24-10-6-4-5-7-11-24/h14-15H,4-13H2,1-3H3,(H,22,26). The maximum atomic E-state index is 12.8. The van der Waals surface area contributed by atoms with Crippen LogP contribution in [0.2, 0.25) is 0 Å². The summed E-state index contributed by atoms with van der Waals surface area (Å²) in [4.78, 5) is 32.3. The van der Waals surface area contributed by atoms with E-state index >= 15 is 0 Å². The molecule has 0 radical (unpaired) electrons. The summed E-state index contributed by atoms with van der Waals surface area (Å²) >= 11 is 0. The molecule has 3 heterocycles. The fourth-order valence-electron chi connectivity index (χ4n) is 3.89. The van der Waals surface area contributed by atoms with Crippen LogP contribution in [-0.2, 0) is 6.54 Å². The van der Waals surface area contributed by atoms with E-state index in [0.29, 0.717) is 30.3 Å². The molecule has 1 saturated heterocycles. The quantitative estimate of drug-likeness (QED) is 0.738. The number of aryl methyl sites for hydroxylation is 1. The van der Waals surface area contributed by atoms with E-state index < -0.39 is 0 Å². The number of amides is 1. The minimum Gasteiger partial charge on any atom is -0.442 e. The first kappa shape index (κ1) is 20.6. The summed E-state index contributed by atoms with van der Waals surface area (Å²) in [5.41, 5.74) is 0.336. The highest BCUT2D eigenvalue weighted by atomic mass is 16.3. The number of nitrogens with one attached hydrogen (secondary N) is 1. The number of likely N-dealkylation sites (tertiary alicyclic amines) is 1. The molecular formula is C21H32N4O3. The predicted molar refractivity (Wildman–Crippen MR) is 110 cm³/mol. The van der Waals surface area contributed by atoms with Gasteiger partial charge in [0.05, 0.1) is 5.56 Å². The molecule has 2 aromatic heterocycles. The number of hydrogen-bond donors (Lipinski definition) is 1. The summed E-state index contributed by atoms with van der Waals surface area (Å²) < 4.78 is 7.14. The van der Waals surface area contributed by atoms with Gasteiger partial charge in [-0.25, -0.2) is 4.98 Å². The lowest BCUT2D eigenvalue weighted by Crippen LogP contribution is -2.31. The van der Waals surface area contributed by atoms with Gasteiger partial charge in [0.2, 0.25) is 5.71 Å². The van der Waals surface area contributed by atoms with E-state index in [-0.39, 0.29) is 22.6 Å². The molecule has 154 valence electrons. The Bertz CT molecular complexity index is 860. The topological polar surface area (TPSA) is 80.4 Å². The fourth-order valence-corrected chi connectivity index (χ4v) is 3.89. The smallest absolute Gasteiger partial charge is 0.265 e. The van der Waals surface area contributed by atoms with Crippen LogP contribution in [-0.4, -0.2) is 46.5 Å². The van der Waals surface area contributed by atoms with Gasteiger partial charge in [-0.05, 0) is 51.7 Å². The molecule has 0 aromatic carbocycles. The van der Waals surface area contributed by atoms with Crippen LogP contribution in [0.3, 0.4) is 0 Å². The third-order valence-electron chi connectivity index (χ3n) is 5.28. The van der Waals surface area contributed by atoms with E-state index in [4.69, 9.17) is 4.42 Å². The van der Waals surface area contributed by atoms with E-state index in [0.717, 1.165) is 26.1 Å². The van der Waals surface area contributed by atoms with Crippen LogP contribution >= 0.6 is 0 Å². The zero-order valence-electron chi connectivity index (χ0n) is 17.3. The Balaban J connectivity index is 1.67. The fraction of sp³-hybridized carbons (Fsp3) is 0.667. The Morgan fingerprint density at radius 2 is 1.96 bits per heavy atom. The molecule has 1 amide bonds. The number of fused-ring (bicyclic) bond motifs is 1. The second-order valence-corrected chi connectivity index (χ2v) is 8.17. The first-order valence-corrected chi connectivity index (χ1v) is 10.5. The summed E-state index contributed by atoms with van der Waals surface area (Å²) in [7, 11) is 0. The first-order valence-electron chi connectivity index (χ1n) is 10.5. The van der Waals surface area contributed by atoms with Gasteiger partial charge in [-0.15, -0.1) is 0 Å². The number of carbonyl (C=O) groups is 1. The van der Waals surface area contributed by atoms with E-state index in [1.54, 1.807) is 11.5 Å². The van der Waals surface area contributed by atoms with Gasteiger partial charge in [0.25, 0.3) is 11.5 Å². The number of rotatable bonds is 7. The molecule has 0 bridgehead atoms. The van der Waals surface area contributed by atoms with Crippen molar-refractivity contribution in [3.05, 3.63) is 28.0 Å². The molecular weight excluding hydrogens is 356 g/mol. The number of furan rings is 1. The summed E-state index contributed by atoms with van der Waals surface area (Å²) in [5, 5.41) is 3.24. The average Bonchev–Trinajstić information content (AvgIpc) is 2.81. The van der Waals surface area contributed by atoms with Crippen molar-refractivity contribution in [1.82, 2.24) is 19.8 Å². The molecule has 7 nitrogen and oxygen atoms in total. The molecule has 0 unspecified atom stereocenters. The molecule has 0 spiro atoms. The highest BCUT2D eigenvalue weighted by molar-refractivity contribution is 6.06. The van der Waals surface area contributed by atoms with Gasteiger partial charge in [-0.3, -0.25) is 14.2 Å². The molecule has 0 atom stereocenters. The Kier molecular flexibility index (Phi) is 6.88. The molecule has 2 aromatic rings. The summed E-state index contributed by atoms with van der Waals surface area (Å²) in [6, 6.07) is 0. The van der Waals surface area contributed by atoms with Crippen molar-refractivity contribution in [2.75, 3.05) is 26.2 Å². The van der Waals surface area contributed by atoms with Gasteiger partial charge in [0, 0.05) is 13.1 Å². The Morgan fingerprint density at radius 3 is 2.64 bits per heavy atom. The summed E-state index contributed by atoms with van der Waals surface area (Å²) in [5.74, 6) is 0.487. The van der Waals surface area contributed by atoms with Crippen LogP contribution in [0.1, 0.15) is 62.1 Å². The van der Waals surface area contributed by atoms with Crippen molar-refractivity contribution >= 4 is 17.0 Å². The molecule has 28 heavy (non-hydrogen) atoms. The third kappa shape index (κ3) is 4.82. The highest BCUT2D eigenvalue weighted by Crippen LogP contribution is 2.21. The minimum atomic E-state index is -0.256. The minimum absolute atomic E-state index is 0.217. The normalized spacial score (nSPS) is 15.9. The van der Waals surface area contributed by atoms with E-state index in [1.807, 2.05) is 13.8 Å². The van der Waals surface area contributed by atoms with Crippen molar-refractivity contribution in [2.45, 2.75) is 59.4 Å². The lowest BCUT2D eigenvalue weighted by atomic mass is 10.1. The number of hydrogen-bond acceptors (Lipinski definition) is 5. The second-order valence-electron chi connectivity index (χ2n) is 8.17. The van der Waals surface area contributed by atoms with Gasteiger partial charge < -0.3 is 14.6 Å². The molecule has 1 N–H and O–H groups in total. The Labute approximate surface area is 166 Å². The average molecular weight is 389 g/mol. The van der Waals surface area contributed by atoms with E-state index in [2.05, 4.69) is 15.2 Å². The van der Waals surface area contributed by atoms with Crippen LogP contribution in [0.5, 0.6) is 0 Å². The van der Waals surface area contributed by atoms with Crippen molar-refractivity contribution in [2.24, 2.45) is 5.92 Å². The van der Waals surface area contributed by atoms with Crippen LogP contribution in [0, 0.1) is 12.8 Å². The molecule has 1 aliphatic rings. The van der Waals surface area contributed by atoms with E-state index in [1.165, 1.54) is 32.0 Å². The Morgan fingerprint density at radius 1 is 1.25 bits per heavy atom. The zero-order chi connectivity index (χ0) is 20.1. The molecule has 0 saturated carbocycles. The molecule has 7 heteroatoms. The van der Waals surface area contributed by atoms with Crippen molar-refractivity contribution < 1.29 is 9.21 Å². The number of carbonyl (C=O) groups excluding carboxylic acids is 1. The lowest BCUT2D eigenvalue weighted by molar-refractivity contribution is 0.0951. The van der Waals surface area contributed by atoms with Crippen molar-refractivity contribution in [1.29, 1.82) is 0 Å². The molecule has 0 aliphatic carbocycles. The number of aromatic nitrogens is 2. The highest BCUT2D eigenvalue weighted by Gasteiger charge is 2.22. The van der Waals surface area contributed by atoms with Gasteiger partial charge >= 0.3 is 0 Å². The third-order valence-corrected chi connectivity index (χ3v) is 5.28. The summed E-state index contributed by atoms with van der Waals surface area (Å²) in [6.07, 6.45) is 7.57. The largest absolute Gasteiger partial charge is 0.442 e. The van der Waals surface area contributed by atoms with Crippen LogP contribution in [0.15, 0.2) is 15.5 Å². The van der Waals surface area contributed by atoms with Crippen LogP contribution in [0.4, 0.5) is 0 Å². The van der Waals surface area contributed by atoms with Crippen molar-refractivity contribution in [3.8, 4) is 0 Å². The Hall–Kier alpha value is -2.15. The molecule has 1 fully saturated rings. The van der Waals surface area contributed by atoms with Gasteiger partial charge in [-0.1, -0.05) is 26.7 Å². The SMILES string of the molecule is Cc1oc2ncn(CC(C)C)c(=O)c2c1C(=O)NCCCN1CCCCCC1. The molecule has 1 aliphatic heterocycles. The van der Waals surface area contributed by atoms with E-state index in [9.17, 15) is 9.59 Å². The zero-order valence-corrected chi connectivity index (χ0v) is 17.3. The van der Waals surface area contributed by atoms with Crippen LogP contribution in [0.25, 0.3) is 11.1 Å². The lowest BCUT2D eigenvalue weighted by Gasteiger charge is -2.19. The molecule has 3 rings (SSSR count). The monoisotopic (exact) mass is 388 g/mol. The first-order chi connectivity index (χ1) is 13.5. The predicted octanol–water partition coefficient (Wildman–Crippen LogP) is 2.95. The number of nitrogens with zero attached hydrogens (tertiary/aromatic N) is 3. The maximum Gasteiger partial charge on any atom is 0.265 e. The summed E-state index contributed by atoms with van der Waals surface area (Å²) in [6.45, 7) is 10.2. The second kappa shape index (κ2) is 9.37. The van der Waals surface area contributed by atoms with Gasteiger partial charge in [-0.2, -0.15) is 0 Å².